The molecule has 2 N–H and O–H groups in total. The lowest BCUT2D eigenvalue weighted by Crippen LogP contribution is -2.11. The number of benzene rings is 1. The molecule has 5 nitrogen and oxygen atoms in total. The summed E-state index contributed by atoms with van der Waals surface area (Å²) in [6.45, 7) is 1.90. The number of carbonyl (C=O) groups is 2. The lowest BCUT2D eigenvalue weighted by Gasteiger charge is -2.07. The van der Waals surface area contributed by atoms with Crippen LogP contribution < -0.4 is 10.1 Å². The van der Waals surface area contributed by atoms with Crippen LogP contribution in [0.2, 0.25) is 0 Å². The molecule has 0 aliphatic heterocycles. The van der Waals surface area contributed by atoms with Crippen LogP contribution >= 0.6 is 0 Å². The topological polar surface area (TPSA) is 75.6 Å². The van der Waals surface area contributed by atoms with Crippen molar-refractivity contribution >= 4 is 17.6 Å². The summed E-state index contributed by atoms with van der Waals surface area (Å²) < 4.78 is 5.08. The van der Waals surface area contributed by atoms with Gasteiger partial charge in [-0.2, -0.15) is 0 Å². The number of carboxylic acids is 1. The Morgan fingerprint density at radius 1 is 0.742 bits per heavy atom. The van der Waals surface area contributed by atoms with Crippen LogP contribution in [0.15, 0.2) is 24.3 Å². The lowest BCUT2D eigenvalue weighted by molar-refractivity contribution is -0.139. The predicted octanol–water partition coefficient (Wildman–Crippen LogP) is 7.35. The fraction of sp³-hybridized carbons (Fsp3) is 0.692. The van der Waals surface area contributed by atoms with Gasteiger partial charge in [0.05, 0.1) is 0 Å². The Morgan fingerprint density at radius 3 is 1.65 bits per heavy atom. The van der Waals surface area contributed by atoms with Crippen LogP contribution in [0, 0.1) is 0 Å². The van der Waals surface area contributed by atoms with E-state index >= 15 is 0 Å². The van der Waals surface area contributed by atoms with Crippen molar-refractivity contribution in [1.29, 1.82) is 0 Å². The summed E-state index contributed by atoms with van der Waals surface area (Å²) >= 11 is 0. The minimum atomic E-state index is -1.01. The lowest BCUT2D eigenvalue weighted by atomic mass is 10.0. The van der Waals surface area contributed by atoms with Gasteiger partial charge < -0.3 is 15.2 Å². The Labute approximate surface area is 189 Å². The molecule has 0 spiro atoms. The zero-order valence-electron chi connectivity index (χ0n) is 19.5. The van der Waals surface area contributed by atoms with Crippen molar-refractivity contribution in [1.82, 2.24) is 0 Å². The highest BCUT2D eigenvalue weighted by molar-refractivity contribution is 5.90. The number of unbranched alkanes of at least 4 members (excludes halogenated alkanes) is 14. The van der Waals surface area contributed by atoms with E-state index in [4.69, 9.17) is 9.84 Å². The Balaban J connectivity index is 1.91. The Morgan fingerprint density at radius 2 is 1.19 bits per heavy atom. The van der Waals surface area contributed by atoms with Crippen molar-refractivity contribution in [2.24, 2.45) is 0 Å². The van der Waals surface area contributed by atoms with Crippen LogP contribution in [0.1, 0.15) is 110 Å². The molecule has 0 saturated carbocycles. The summed E-state index contributed by atoms with van der Waals surface area (Å²) in [5.41, 5.74) is 0.702. The van der Waals surface area contributed by atoms with E-state index in [9.17, 15) is 9.59 Å². The van der Waals surface area contributed by atoms with Crippen molar-refractivity contribution in [3.8, 4) is 5.75 Å². The number of hydrogen-bond acceptors (Lipinski definition) is 3. The summed E-state index contributed by atoms with van der Waals surface area (Å²) in [6.07, 6.45) is 20.3. The van der Waals surface area contributed by atoms with Gasteiger partial charge in [-0.15, -0.1) is 0 Å². The predicted molar refractivity (Wildman–Crippen MR) is 128 cm³/mol. The first-order valence-corrected chi connectivity index (χ1v) is 12.4. The molecule has 1 aromatic carbocycles. The minimum absolute atomic E-state index is 0.0221. The van der Waals surface area contributed by atoms with Gasteiger partial charge in [0.2, 0.25) is 5.91 Å². The summed E-state index contributed by atoms with van der Waals surface area (Å²) in [7, 11) is 0. The zero-order valence-corrected chi connectivity index (χ0v) is 19.5. The molecule has 0 bridgehead atoms. The molecule has 1 rings (SSSR count). The third-order valence-electron chi connectivity index (χ3n) is 5.51. The van der Waals surface area contributed by atoms with Gasteiger partial charge >= 0.3 is 5.97 Å². The normalized spacial score (nSPS) is 10.7. The molecule has 0 aromatic heterocycles. The van der Waals surface area contributed by atoms with Gasteiger partial charge in [-0.25, -0.2) is 4.79 Å². The molecule has 5 heteroatoms. The summed E-state index contributed by atoms with van der Waals surface area (Å²) in [5, 5.41) is 11.5. The van der Waals surface area contributed by atoms with Crippen LogP contribution in [-0.2, 0) is 9.59 Å². The van der Waals surface area contributed by atoms with Crippen LogP contribution in [0.25, 0.3) is 0 Å². The smallest absolute Gasteiger partial charge is 0.341 e. The number of hydrogen-bond donors (Lipinski definition) is 2. The van der Waals surface area contributed by atoms with Crippen molar-refractivity contribution in [2.75, 3.05) is 11.9 Å². The van der Waals surface area contributed by atoms with E-state index in [1.165, 1.54) is 83.5 Å². The van der Waals surface area contributed by atoms with Crippen molar-refractivity contribution in [2.45, 2.75) is 110 Å². The van der Waals surface area contributed by atoms with E-state index in [-0.39, 0.29) is 12.5 Å². The zero-order chi connectivity index (χ0) is 22.6. The molecule has 0 radical (unpaired) electrons. The SMILES string of the molecule is CCCCCCCCCCCCCCCCCC(=O)Nc1ccc(OCC(=O)O)cc1. The first kappa shape index (κ1) is 27.0. The van der Waals surface area contributed by atoms with Gasteiger partial charge in [0, 0.05) is 12.1 Å². The Hall–Kier alpha value is -2.04. The molecule has 0 saturated heterocycles. The Bertz CT molecular complexity index is 586. The van der Waals surface area contributed by atoms with Crippen LogP contribution in [0.4, 0.5) is 5.69 Å². The summed E-state index contributed by atoms with van der Waals surface area (Å²) in [5.74, 6) is -0.516. The molecule has 0 atom stereocenters. The maximum absolute atomic E-state index is 12.0. The number of rotatable bonds is 20. The number of anilines is 1. The van der Waals surface area contributed by atoms with Crippen molar-refractivity contribution in [3.63, 3.8) is 0 Å². The molecule has 0 fully saturated rings. The van der Waals surface area contributed by atoms with Crippen LogP contribution in [0.3, 0.4) is 0 Å². The first-order valence-electron chi connectivity index (χ1n) is 12.4. The quantitative estimate of drug-likeness (QED) is 0.211. The standard InChI is InChI=1S/C26H43NO4/c1-2-3-4-5-6-7-8-9-10-11-12-13-14-15-16-17-25(28)27-23-18-20-24(21-19-23)31-22-26(29)30/h18-21H,2-17,22H2,1H3,(H,27,28)(H,29,30). The fourth-order valence-electron chi connectivity index (χ4n) is 3.66. The number of amides is 1. The molecule has 0 aliphatic carbocycles. The number of nitrogens with one attached hydrogen (secondary N) is 1. The highest BCUT2D eigenvalue weighted by atomic mass is 16.5. The van der Waals surface area contributed by atoms with Gasteiger partial charge in [0.1, 0.15) is 5.75 Å². The van der Waals surface area contributed by atoms with Gasteiger partial charge in [-0.1, -0.05) is 96.8 Å². The average molecular weight is 434 g/mol. The molecule has 1 aromatic rings. The van der Waals surface area contributed by atoms with E-state index in [0.29, 0.717) is 17.9 Å². The van der Waals surface area contributed by atoms with E-state index in [1.807, 2.05) is 0 Å². The molecule has 1 amide bonds. The number of aliphatic carboxylic acids is 1. The van der Waals surface area contributed by atoms with Gasteiger partial charge in [0.25, 0.3) is 0 Å². The van der Waals surface area contributed by atoms with E-state index < -0.39 is 5.97 Å². The Kier molecular flexibility index (Phi) is 16.3. The second-order valence-electron chi connectivity index (χ2n) is 8.45. The molecule has 176 valence electrons. The highest BCUT2D eigenvalue weighted by Crippen LogP contribution is 2.17. The number of carboxylic acid groups (broad SMARTS) is 1. The van der Waals surface area contributed by atoms with Gasteiger partial charge in [-0.3, -0.25) is 4.79 Å². The van der Waals surface area contributed by atoms with Crippen LogP contribution in [0.5, 0.6) is 5.75 Å². The van der Waals surface area contributed by atoms with E-state index in [1.54, 1.807) is 24.3 Å². The number of ether oxygens (including phenoxy) is 1. The first-order chi connectivity index (χ1) is 15.1. The minimum Gasteiger partial charge on any atom is -0.482 e. The molecular weight excluding hydrogens is 390 g/mol. The summed E-state index contributed by atoms with van der Waals surface area (Å²) in [4.78, 5) is 22.5. The second-order valence-corrected chi connectivity index (χ2v) is 8.45. The molecule has 31 heavy (non-hydrogen) atoms. The number of carbonyl (C=O) groups excluding carboxylic acids is 1. The second kappa shape index (κ2) is 18.7. The van der Waals surface area contributed by atoms with Crippen molar-refractivity contribution in [3.05, 3.63) is 24.3 Å². The summed E-state index contributed by atoms with van der Waals surface area (Å²) in [6, 6.07) is 6.77. The van der Waals surface area contributed by atoms with Gasteiger partial charge in [-0.05, 0) is 30.7 Å². The largest absolute Gasteiger partial charge is 0.482 e. The molecular formula is C26H43NO4. The highest BCUT2D eigenvalue weighted by Gasteiger charge is 2.04. The molecule has 0 unspecified atom stereocenters. The van der Waals surface area contributed by atoms with Crippen molar-refractivity contribution < 1.29 is 19.4 Å². The van der Waals surface area contributed by atoms with Crippen LogP contribution in [-0.4, -0.2) is 23.6 Å². The fourth-order valence-corrected chi connectivity index (χ4v) is 3.66. The van der Waals surface area contributed by atoms with Gasteiger partial charge in [0.15, 0.2) is 6.61 Å². The molecule has 0 aliphatic rings. The van der Waals surface area contributed by atoms with E-state index in [2.05, 4.69) is 12.2 Å². The maximum atomic E-state index is 12.0. The maximum Gasteiger partial charge on any atom is 0.341 e. The third-order valence-corrected chi connectivity index (χ3v) is 5.51. The van der Waals surface area contributed by atoms with E-state index in [0.717, 1.165) is 12.8 Å². The third kappa shape index (κ3) is 16.3. The molecule has 0 heterocycles. The average Bonchev–Trinajstić information content (AvgIpc) is 2.76. The monoisotopic (exact) mass is 433 g/mol.